The van der Waals surface area contributed by atoms with Crippen LogP contribution in [0.5, 0.6) is 0 Å². The highest BCUT2D eigenvalue weighted by molar-refractivity contribution is 7.89. The van der Waals surface area contributed by atoms with Crippen LogP contribution in [0.1, 0.15) is 40.0 Å². The summed E-state index contributed by atoms with van der Waals surface area (Å²) in [5, 5.41) is 3.46. The van der Waals surface area contributed by atoms with Crippen LogP contribution in [0.2, 0.25) is 0 Å². The molecule has 0 bridgehead atoms. The van der Waals surface area contributed by atoms with Crippen LogP contribution in [0.15, 0.2) is 0 Å². The minimum Gasteiger partial charge on any atom is -0.312 e. The fraction of sp³-hybridized carbons (Fsp3) is 1.00. The molecule has 0 aromatic rings. The molecule has 4 nitrogen and oxygen atoms in total. The van der Waals surface area contributed by atoms with Crippen molar-refractivity contribution in [1.82, 2.24) is 10.0 Å². The molecule has 0 radical (unpaired) electrons. The van der Waals surface area contributed by atoms with Crippen molar-refractivity contribution in [2.24, 2.45) is 11.8 Å². The first kappa shape index (κ1) is 14.9. The molecule has 0 aliphatic heterocycles. The predicted octanol–water partition coefficient (Wildman–Crippen LogP) is 1.34. The Kier molecular flexibility index (Phi) is 5.89. The Bertz CT molecular complexity index is 316. The van der Waals surface area contributed by atoms with E-state index in [2.05, 4.69) is 23.9 Å². The molecule has 1 rings (SSSR count). The lowest BCUT2D eigenvalue weighted by atomic mass is 9.80. The normalized spacial score (nSPS) is 30.4. The van der Waals surface area contributed by atoms with Crippen molar-refractivity contribution in [3.8, 4) is 0 Å². The van der Waals surface area contributed by atoms with Crippen LogP contribution in [-0.2, 0) is 10.0 Å². The molecule has 2 N–H and O–H groups in total. The maximum Gasteiger partial charge on any atom is 0.211 e. The standard InChI is InChI=1S/C12H26N2O2S/c1-4-17(15,16)14-8-7-13-12-6-5-10(2)9-11(12)3/h10-14H,4-9H2,1-3H3/t10-,11+,12+/m0/s1. The average Bonchev–Trinajstić information content (AvgIpc) is 2.27. The van der Waals surface area contributed by atoms with E-state index in [1.807, 2.05) is 0 Å². The molecule has 0 aromatic heterocycles. The first-order chi connectivity index (χ1) is 7.94. The van der Waals surface area contributed by atoms with E-state index in [0.717, 1.165) is 12.5 Å². The molecule has 3 atom stereocenters. The average molecular weight is 262 g/mol. The molecule has 1 aliphatic carbocycles. The van der Waals surface area contributed by atoms with Crippen molar-refractivity contribution in [2.45, 2.75) is 46.1 Å². The Morgan fingerprint density at radius 3 is 2.47 bits per heavy atom. The molecule has 1 saturated carbocycles. The molecule has 0 amide bonds. The minimum absolute atomic E-state index is 0.157. The zero-order valence-electron chi connectivity index (χ0n) is 11.2. The zero-order valence-corrected chi connectivity index (χ0v) is 12.0. The van der Waals surface area contributed by atoms with Gasteiger partial charge in [-0.1, -0.05) is 13.8 Å². The van der Waals surface area contributed by atoms with Gasteiger partial charge in [-0.05, 0) is 38.0 Å². The molecule has 5 heteroatoms. The molecule has 0 spiro atoms. The fourth-order valence-electron chi connectivity index (χ4n) is 2.53. The van der Waals surface area contributed by atoms with Gasteiger partial charge in [0.05, 0.1) is 5.75 Å². The van der Waals surface area contributed by atoms with E-state index in [0.29, 0.717) is 18.5 Å². The Hall–Kier alpha value is -0.130. The van der Waals surface area contributed by atoms with Gasteiger partial charge in [-0.25, -0.2) is 13.1 Å². The lowest BCUT2D eigenvalue weighted by molar-refractivity contribution is 0.229. The van der Waals surface area contributed by atoms with Gasteiger partial charge in [0.25, 0.3) is 0 Å². The van der Waals surface area contributed by atoms with Crippen LogP contribution in [0, 0.1) is 11.8 Å². The van der Waals surface area contributed by atoms with E-state index in [9.17, 15) is 8.42 Å². The van der Waals surface area contributed by atoms with E-state index >= 15 is 0 Å². The second kappa shape index (κ2) is 6.71. The van der Waals surface area contributed by atoms with E-state index in [4.69, 9.17) is 0 Å². The predicted molar refractivity (Wildman–Crippen MR) is 71.4 cm³/mol. The molecule has 102 valence electrons. The summed E-state index contributed by atoms with van der Waals surface area (Å²) in [7, 11) is -3.03. The number of hydrogen-bond acceptors (Lipinski definition) is 3. The van der Waals surface area contributed by atoms with Gasteiger partial charge in [-0.2, -0.15) is 0 Å². The smallest absolute Gasteiger partial charge is 0.211 e. The lowest BCUT2D eigenvalue weighted by Gasteiger charge is -2.33. The first-order valence-corrected chi connectivity index (χ1v) is 8.30. The topological polar surface area (TPSA) is 58.2 Å². The highest BCUT2D eigenvalue weighted by Gasteiger charge is 2.24. The third-order valence-electron chi connectivity index (χ3n) is 3.67. The van der Waals surface area contributed by atoms with Crippen LogP contribution in [0.4, 0.5) is 0 Å². The van der Waals surface area contributed by atoms with Gasteiger partial charge in [-0.15, -0.1) is 0 Å². The summed E-state index contributed by atoms with van der Waals surface area (Å²) < 4.78 is 25.0. The Balaban J connectivity index is 2.19. The van der Waals surface area contributed by atoms with Crippen LogP contribution < -0.4 is 10.0 Å². The summed E-state index contributed by atoms with van der Waals surface area (Å²) >= 11 is 0. The van der Waals surface area contributed by atoms with Crippen LogP contribution in [0.3, 0.4) is 0 Å². The first-order valence-electron chi connectivity index (χ1n) is 6.65. The van der Waals surface area contributed by atoms with Gasteiger partial charge >= 0.3 is 0 Å². The molecule has 17 heavy (non-hydrogen) atoms. The third kappa shape index (κ3) is 5.36. The summed E-state index contributed by atoms with van der Waals surface area (Å²) in [6, 6.07) is 0.553. The SMILES string of the molecule is CCS(=O)(=O)NCCN[C@@H]1CC[C@H](C)C[C@H]1C. The Morgan fingerprint density at radius 1 is 1.18 bits per heavy atom. The van der Waals surface area contributed by atoms with Crippen LogP contribution in [0.25, 0.3) is 0 Å². The Morgan fingerprint density at radius 2 is 1.88 bits per heavy atom. The molecule has 0 saturated heterocycles. The summed E-state index contributed by atoms with van der Waals surface area (Å²) in [4.78, 5) is 0. The monoisotopic (exact) mass is 262 g/mol. The third-order valence-corrected chi connectivity index (χ3v) is 5.07. The fourth-order valence-corrected chi connectivity index (χ4v) is 3.15. The highest BCUT2D eigenvalue weighted by atomic mass is 32.2. The van der Waals surface area contributed by atoms with Gasteiger partial charge in [0.1, 0.15) is 0 Å². The number of hydrogen-bond donors (Lipinski definition) is 2. The maximum atomic E-state index is 11.2. The highest BCUT2D eigenvalue weighted by Crippen LogP contribution is 2.28. The van der Waals surface area contributed by atoms with Gasteiger partial charge in [0.2, 0.25) is 10.0 Å². The summed E-state index contributed by atoms with van der Waals surface area (Å²) in [6.07, 6.45) is 3.77. The van der Waals surface area contributed by atoms with E-state index in [1.54, 1.807) is 6.92 Å². The van der Waals surface area contributed by atoms with Crippen molar-refractivity contribution in [3.63, 3.8) is 0 Å². The largest absolute Gasteiger partial charge is 0.312 e. The summed E-state index contributed by atoms with van der Waals surface area (Å²) in [5.41, 5.74) is 0. The molecular formula is C12H26N2O2S. The summed E-state index contributed by atoms with van der Waals surface area (Å²) in [5.74, 6) is 1.69. The number of nitrogens with one attached hydrogen (secondary N) is 2. The molecule has 0 unspecified atom stereocenters. The van der Waals surface area contributed by atoms with E-state index in [-0.39, 0.29) is 5.75 Å². The van der Waals surface area contributed by atoms with E-state index < -0.39 is 10.0 Å². The molecular weight excluding hydrogens is 236 g/mol. The minimum atomic E-state index is -3.03. The molecule has 1 aliphatic rings. The van der Waals surface area contributed by atoms with Gasteiger partial charge in [-0.3, -0.25) is 0 Å². The Labute approximate surface area is 106 Å². The zero-order chi connectivity index (χ0) is 12.9. The van der Waals surface area contributed by atoms with E-state index in [1.165, 1.54) is 19.3 Å². The maximum absolute atomic E-state index is 11.2. The van der Waals surface area contributed by atoms with Gasteiger partial charge < -0.3 is 5.32 Å². The molecule has 0 heterocycles. The van der Waals surface area contributed by atoms with Crippen molar-refractivity contribution < 1.29 is 8.42 Å². The van der Waals surface area contributed by atoms with Crippen LogP contribution in [-0.4, -0.2) is 33.3 Å². The second-order valence-electron chi connectivity index (χ2n) is 5.25. The molecule has 0 aromatic carbocycles. The lowest BCUT2D eigenvalue weighted by Crippen LogP contribution is -2.42. The quantitative estimate of drug-likeness (QED) is 0.710. The van der Waals surface area contributed by atoms with Crippen molar-refractivity contribution in [3.05, 3.63) is 0 Å². The van der Waals surface area contributed by atoms with Gasteiger partial charge in [0.15, 0.2) is 0 Å². The summed E-state index contributed by atoms with van der Waals surface area (Å²) in [6.45, 7) is 7.46. The van der Waals surface area contributed by atoms with Crippen molar-refractivity contribution in [2.75, 3.05) is 18.8 Å². The molecule has 1 fully saturated rings. The number of rotatable bonds is 6. The second-order valence-corrected chi connectivity index (χ2v) is 7.35. The van der Waals surface area contributed by atoms with Crippen molar-refractivity contribution >= 4 is 10.0 Å². The van der Waals surface area contributed by atoms with Gasteiger partial charge in [0, 0.05) is 19.1 Å². The number of sulfonamides is 1. The van der Waals surface area contributed by atoms with Crippen molar-refractivity contribution in [1.29, 1.82) is 0 Å². The van der Waals surface area contributed by atoms with Crippen LogP contribution >= 0.6 is 0 Å².